The van der Waals surface area contributed by atoms with E-state index in [9.17, 15) is 5.11 Å². The summed E-state index contributed by atoms with van der Waals surface area (Å²) in [5.41, 5.74) is 2.80. The summed E-state index contributed by atoms with van der Waals surface area (Å²) in [5, 5.41) is 17.8. The molecule has 0 atom stereocenters. The van der Waals surface area contributed by atoms with Gasteiger partial charge in [-0.3, -0.25) is 0 Å². The minimum Gasteiger partial charge on any atom is -0.392 e. The van der Waals surface area contributed by atoms with Gasteiger partial charge in [0.1, 0.15) is 3.70 Å². The molecule has 1 heterocycles. The van der Waals surface area contributed by atoms with Crippen molar-refractivity contribution in [3.8, 4) is 5.69 Å². The van der Waals surface area contributed by atoms with Crippen molar-refractivity contribution < 1.29 is 5.11 Å². The summed E-state index contributed by atoms with van der Waals surface area (Å²) in [4.78, 5) is 0. The van der Waals surface area contributed by atoms with E-state index in [1.54, 1.807) is 4.68 Å². The average Bonchev–Trinajstić information content (AvgIpc) is 2.77. The van der Waals surface area contributed by atoms with Gasteiger partial charge in [-0.05, 0) is 41.5 Å². The van der Waals surface area contributed by atoms with Crippen molar-refractivity contribution in [1.82, 2.24) is 15.0 Å². The number of hydrogen-bond donors (Lipinski definition) is 1. The number of aliphatic hydroxyl groups is 1. The molecule has 0 aliphatic heterocycles. The van der Waals surface area contributed by atoms with Gasteiger partial charge in [0, 0.05) is 5.56 Å². The number of unbranched alkanes of at least 4 members (excludes halogenated alkanes) is 1. The maximum Gasteiger partial charge on any atom is 0.128 e. The lowest BCUT2D eigenvalue weighted by molar-refractivity contribution is 0.281. The SMILES string of the molecule is CCCCc1nnn(-c2ccccc2CO)c1I. The van der Waals surface area contributed by atoms with E-state index in [0.717, 1.165) is 39.9 Å². The van der Waals surface area contributed by atoms with Gasteiger partial charge < -0.3 is 5.11 Å². The van der Waals surface area contributed by atoms with Gasteiger partial charge in [-0.2, -0.15) is 0 Å². The Morgan fingerprint density at radius 1 is 1.33 bits per heavy atom. The maximum atomic E-state index is 9.35. The fourth-order valence-electron chi connectivity index (χ4n) is 1.80. The Balaban J connectivity index is 2.36. The van der Waals surface area contributed by atoms with Gasteiger partial charge in [0.05, 0.1) is 18.0 Å². The molecule has 0 amide bonds. The van der Waals surface area contributed by atoms with Crippen LogP contribution in [0.5, 0.6) is 0 Å². The molecule has 0 aliphatic carbocycles. The molecule has 0 spiro atoms. The lowest BCUT2D eigenvalue weighted by atomic mass is 10.2. The first kappa shape index (κ1) is 13.5. The van der Waals surface area contributed by atoms with Gasteiger partial charge in [0.2, 0.25) is 0 Å². The summed E-state index contributed by atoms with van der Waals surface area (Å²) in [5.74, 6) is 0. The van der Waals surface area contributed by atoms with Crippen LogP contribution in [0.15, 0.2) is 24.3 Å². The number of hydrogen-bond acceptors (Lipinski definition) is 3. The Hall–Kier alpha value is -0.950. The van der Waals surface area contributed by atoms with E-state index >= 15 is 0 Å². The van der Waals surface area contributed by atoms with Gasteiger partial charge in [0.25, 0.3) is 0 Å². The Labute approximate surface area is 120 Å². The molecule has 4 nitrogen and oxygen atoms in total. The van der Waals surface area contributed by atoms with Crippen LogP contribution in [0.4, 0.5) is 0 Å². The molecule has 5 heteroatoms. The number of benzene rings is 1. The topological polar surface area (TPSA) is 50.9 Å². The first-order valence-electron chi connectivity index (χ1n) is 6.07. The number of aliphatic hydroxyl groups excluding tert-OH is 1. The Morgan fingerprint density at radius 3 is 2.83 bits per heavy atom. The number of nitrogens with zero attached hydrogens (tertiary/aromatic N) is 3. The van der Waals surface area contributed by atoms with Crippen molar-refractivity contribution in [2.45, 2.75) is 32.8 Å². The second-order valence-electron chi connectivity index (χ2n) is 4.13. The van der Waals surface area contributed by atoms with Crippen molar-refractivity contribution >= 4 is 22.6 Å². The third-order valence-electron chi connectivity index (χ3n) is 2.84. The van der Waals surface area contributed by atoms with E-state index in [1.165, 1.54) is 0 Å². The van der Waals surface area contributed by atoms with Gasteiger partial charge in [-0.1, -0.05) is 36.8 Å². The largest absolute Gasteiger partial charge is 0.392 e. The molecule has 2 aromatic rings. The molecular formula is C13H16IN3O. The maximum absolute atomic E-state index is 9.35. The standard InChI is InChI=1S/C13H16IN3O/c1-2-3-7-11-13(14)17(16-15-11)12-8-5-4-6-10(12)9-18/h4-6,8,18H,2-3,7,9H2,1H3. The van der Waals surface area contributed by atoms with Gasteiger partial charge in [-0.25, -0.2) is 4.68 Å². The van der Waals surface area contributed by atoms with Crippen LogP contribution in [0.3, 0.4) is 0 Å². The lowest BCUT2D eigenvalue weighted by Gasteiger charge is -2.07. The molecule has 0 saturated heterocycles. The zero-order valence-corrected chi connectivity index (χ0v) is 12.5. The van der Waals surface area contributed by atoms with Crippen LogP contribution in [-0.4, -0.2) is 20.1 Å². The summed E-state index contributed by atoms with van der Waals surface area (Å²) >= 11 is 2.27. The number of aryl methyl sites for hydroxylation is 1. The zero-order valence-electron chi connectivity index (χ0n) is 10.3. The number of rotatable bonds is 5. The van der Waals surface area contributed by atoms with Crippen molar-refractivity contribution in [3.05, 3.63) is 39.2 Å². The lowest BCUT2D eigenvalue weighted by Crippen LogP contribution is -2.03. The summed E-state index contributed by atoms with van der Waals surface area (Å²) < 4.78 is 2.83. The molecular weight excluding hydrogens is 341 g/mol. The number of aromatic nitrogens is 3. The predicted octanol–water partition coefficient (Wildman–Crippen LogP) is 2.71. The van der Waals surface area contributed by atoms with E-state index < -0.39 is 0 Å². The van der Waals surface area contributed by atoms with Crippen LogP contribution in [0.2, 0.25) is 0 Å². The fourth-order valence-corrected chi connectivity index (χ4v) is 2.54. The molecule has 0 saturated carbocycles. The van der Waals surface area contributed by atoms with Crippen LogP contribution < -0.4 is 0 Å². The highest BCUT2D eigenvalue weighted by Gasteiger charge is 2.13. The summed E-state index contributed by atoms with van der Waals surface area (Å²) in [6.07, 6.45) is 3.22. The monoisotopic (exact) mass is 357 g/mol. The molecule has 0 radical (unpaired) electrons. The number of halogens is 1. The van der Waals surface area contributed by atoms with Crippen LogP contribution in [0.25, 0.3) is 5.69 Å². The highest BCUT2D eigenvalue weighted by molar-refractivity contribution is 14.1. The average molecular weight is 357 g/mol. The van der Waals surface area contributed by atoms with E-state index in [0.29, 0.717) is 0 Å². The van der Waals surface area contributed by atoms with Gasteiger partial charge >= 0.3 is 0 Å². The quantitative estimate of drug-likeness (QED) is 0.838. The highest BCUT2D eigenvalue weighted by atomic mass is 127. The first-order valence-corrected chi connectivity index (χ1v) is 7.15. The molecule has 0 bridgehead atoms. The molecule has 2 rings (SSSR count). The second-order valence-corrected chi connectivity index (χ2v) is 5.15. The van der Waals surface area contributed by atoms with E-state index in [-0.39, 0.29) is 6.61 Å². The third-order valence-corrected chi connectivity index (χ3v) is 3.92. The van der Waals surface area contributed by atoms with E-state index in [4.69, 9.17) is 0 Å². The zero-order chi connectivity index (χ0) is 13.0. The van der Waals surface area contributed by atoms with Crippen molar-refractivity contribution in [2.24, 2.45) is 0 Å². The molecule has 1 aromatic heterocycles. The van der Waals surface area contributed by atoms with Gasteiger partial charge in [0.15, 0.2) is 0 Å². The summed E-state index contributed by atoms with van der Waals surface area (Å²) in [7, 11) is 0. The van der Waals surface area contributed by atoms with Crippen LogP contribution >= 0.6 is 22.6 Å². The van der Waals surface area contributed by atoms with Gasteiger partial charge in [-0.15, -0.1) is 5.10 Å². The predicted molar refractivity (Wildman–Crippen MR) is 78.6 cm³/mol. The minimum absolute atomic E-state index is 0.0103. The second kappa shape index (κ2) is 6.29. The Bertz CT molecular complexity index is 525. The molecule has 18 heavy (non-hydrogen) atoms. The first-order chi connectivity index (χ1) is 8.77. The molecule has 1 N–H and O–H groups in total. The van der Waals surface area contributed by atoms with Crippen molar-refractivity contribution in [2.75, 3.05) is 0 Å². The highest BCUT2D eigenvalue weighted by Crippen LogP contribution is 2.19. The normalized spacial score (nSPS) is 10.8. The summed E-state index contributed by atoms with van der Waals surface area (Å²) in [6, 6.07) is 7.71. The van der Waals surface area contributed by atoms with Crippen LogP contribution in [0, 0.1) is 3.70 Å². The van der Waals surface area contributed by atoms with E-state index in [1.807, 2.05) is 24.3 Å². The van der Waals surface area contributed by atoms with Crippen LogP contribution in [-0.2, 0) is 13.0 Å². The molecule has 1 aromatic carbocycles. The smallest absolute Gasteiger partial charge is 0.128 e. The van der Waals surface area contributed by atoms with Crippen molar-refractivity contribution in [3.63, 3.8) is 0 Å². The summed E-state index contributed by atoms with van der Waals surface area (Å²) in [6.45, 7) is 2.18. The molecule has 0 aliphatic rings. The minimum atomic E-state index is 0.0103. The molecule has 0 unspecified atom stereocenters. The third kappa shape index (κ3) is 2.72. The fraction of sp³-hybridized carbons (Fsp3) is 0.385. The molecule has 96 valence electrons. The Morgan fingerprint density at radius 2 is 2.11 bits per heavy atom. The number of para-hydroxylation sites is 1. The molecule has 0 fully saturated rings. The van der Waals surface area contributed by atoms with Crippen molar-refractivity contribution in [1.29, 1.82) is 0 Å². The van der Waals surface area contributed by atoms with E-state index in [2.05, 4.69) is 39.8 Å². The Kier molecular flexibility index (Phi) is 4.71. The van der Waals surface area contributed by atoms with Crippen LogP contribution in [0.1, 0.15) is 31.0 Å².